The van der Waals surface area contributed by atoms with E-state index in [0.717, 1.165) is 37.2 Å². The molecule has 0 radical (unpaired) electrons. The van der Waals surface area contributed by atoms with Crippen molar-refractivity contribution < 1.29 is 19.1 Å². The maximum atomic E-state index is 13.0. The minimum Gasteiger partial charge on any atom is -0.457 e. The number of nitrogens with zero attached hydrogens (tertiary/aromatic N) is 3. The number of carbonyl (C=O) groups excluding carboxylic acids is 2. The van der Waals surface area contributed by atoms with Crippen LogP contribution < -0.4 is 0 Å². The largest absolute Gasteiger partial charge is 0.457 e. The second-order valence-electron chi connectivity index (χ2n) is 11.5. The van der Waals surface area contributed by atoms with Crippen molar-refractivity contribution in [3.05, 3.63) is 66.0 Å². The van der Waals surface area contributed by atoms with Gasteiger partial charge in [0, 0.05) is 56.3 Å². The van der Waals surface area contributed by atoms with Gasteiger partial charge in [0.25, 0.3) is 0 Å². The zero-order valence-electron chi connectivity index (χ0n) is 24.6. The van der Waals surface area contributed by atoms with Gasteiger partial charge in [0.15, 0.2) is 0 Å². The molecular weight excluding hydrogens is 490 g/mol. The summed E-state index contributed by atoms with van der Waals surface area (Å²) < 4.78 is 12.1. The zero-order chi connectivity index (χ0) is 28.4. The molecule has 1 fully saturated rings. The Bertz CT molecular complexity index is 1010. The van der Waals surface area contributed by atoms with Crippen molar-refractivity contribution in [2.45, 2.75) is 72.0 Å². The molecule has 0 N–H and O–H groups in total. The van der Waals surface area contributed by atoms with Crippen molar-refractivity contribution in [1.82, 2.24) is 14.8 Å². The Morgan fingerprint density at radius 1 is 1.13 bits per heavy atom. The smallest absolute Gasteiger partial charge is 0.410 e. The zero-order valence-corrected chi connectivity index (χ0v) is 24.6. The Morgan fingerprint density at radius 2 is 1.87 bits per heavy atom. The van der Waals surface area contributed by atoms with E-state index in [1.165, 1.54) is 0 Å². The van der Waals surface area contributed by atoms with E-state index in [1.54, 1.807) is 11.1 Å². The molecular formula is C32H47N3O4. The third-order valence-corrected chi connectivity index (χ3v) is 7.89. The number of esters is 1. The molecule has 39 heavy (non-hydrogen) atoms. The first kappa shape index (κ1) is 30.6. The van der Waals surface area contributed by atoms with E-state index >= 15 is 0 Å². The Morgan fingerprint density at radius 3 is 2.56 bits per heavy atom. The first-order valence-electron chi connectivity index (χ1n) is 14.4. The number of ether oxygens (including phenoxy) is 2. The van der Waals surface area contributed by atoms with Crippen LogP contribution in [0.1, 0.15) is 65.5 Å². The number of pyridine rings is 1. The van der Waals surface area contributed by atoms with Crippen molar-refractivity contribution in [2.24, 2.45) is 17.8 Å². The molecule has 0 bridgehead atoms. The number of rotatable bonds is 5. The predicted molar refractivity (Wildman–Crippen MR) is 155 cm³/mol. The third-order valence-electron chi connectivity index (χ3n) is 7.89. The second-order valence-corrected chi connectivity index (χ2v) is 11.5. The number of likely N-dealkylation sites (N-methyl/N-ethyl adjacent to an activating group) is 1. The van der Waals surface area contributed by atoms with E-state index in [-0.39, 0.29) is 41.8 Å². The van der Waals surface area contributed by atoms with Gasteiger partial charge < -0.3 is 19.3 Å². The molecule has 1 aromatic rings. The highest BCUT2D eigenvalue weighted by Gasteiger charge is 2.28. The van der Waals surface area contributed by atoms with Gasteiger partial charge in [-0.15, -0.1) is 0 Å². The minimum atomic E-state index is -0.403. The molecule has 0 aromatic carbocycles. The monoisotopic (exact) mass is 537 g/mol. The van der Waals surface area contributed by atoms with E-state index in [9.17, 15) is 9.59 Å². The molecule has 0 spiro atoms. The Kier molecular flexibility index (Phi) is 11.8. The quantitative estimate of drug-likeness (QED) is 0.261. The second kappa shape index (κ2) is 15.0. The standard InChI is InChI=1S/C32H47N3O4/c1-23-13-14-25(3)29(38-32(37)35-20-18-34(6)19-21-35)16-15-27(5)31(39-30(36)22-23)26(4)11-9-10-24(2)28-12-7-8-17-33-28/h7-12,15-17,23-25,27,29,31H,13-14,18-22H2,1-6H3/b10-9+,16-15+,26-11+/t23-,24-,25+,27+,29+,31-/m1/s1. The van der Waals surface area contributed by atoms with E-state index in [2.05, 4.69) is 43.8 Å². The van der Waals surface area contributed by atoms with E-state index in [1.807, 2.05) is 56.4 Å². The highest BCUT2D eigenvalue weighted by atomic mass is 16.6. The van der Waals surface area contributed by atoms with Crippen molar-refractivity contribution in [1.29, 1.82) is 0 Å². The fourth-order valence-electron chi connectivity index (χ4n) is 5.03. The van der Waals surface area contributed by atoms with Crippen LogP contribution in [0.25, 0.3) is 0 Å². The molecule has 1 amide bonds. The average molecular weight is 538 g/mol. The van der Waals surface area contributed by atoms with Gasteiger partial charge in [-0.3, -0.25) is 9.78 Å². The molecule has 0 aliphatic carbocycles. The van der Waals surface area contributed by atoms with Gasteiger partial charge in [-0.2, -0.15) is 0 Å². The number of hydrogen-bond acceptors (Lipinski definition) is 6. The summed E-state index contributed by atoms with van der Waals surface area (Å²) in [4.78, 5) is 34.3. The normalized spacial score (nSPS) is 29.7. The summed E-state index contributed by atoms with van der Waals surface area (Å²) in [5, 5.41) is 0. The van der Waals surface area contributed by atoms with Gasteiger partial charge in [0.1, 0.15) is 12.2 Å². The number of cyclic esters (lactones) is 1. The fourth-order valence-corrected chi connectivity index (χ4v) is 5.03. The summed E-state index contributed by atoms with van der Waals surface area (Å²) in [6.45, 7) is 13.4. The summed E-state index contributed by atoms with van der Waals surface area (Å²) in [7, 11) is 2.07. The SMILES string of the molecule is C/C(=C\C=C\[C@@H](C)c1ccccn1)[C@H]1OC(=O)C[C@H](C)CC[C@H](C)[C@@H](OC(=O)N2CCN(C)CC2)/C=C/[C@@H]1C. The lowest BCUT2D eigenvalue weighted by molar-refractivity contribution is -0.149. The number of piperazine rings is 1. The molecule has 1 aromatic heterocycles. The molecule has 7 nitrogen and oxygen atoms in total. The summed E-state index contributed by atoms with van der Waals surface area (Å²) in [5.41, 5.74) is 1.97. The summed E-state index contributed by atoms with van der Waals surface area (Å²) in [5.74, 6) is 0.256. The maximum Gasteiger partial charge on any atom is 0.410 e. The van der Waals surface area contributed by atoms with Gasteiger partial charge in [-0.05, 0) is 62.4 Å². The molecule has 0 unspecified atom stereocenters. The van der Waals surface area contributed by atoms with Gasteiger partial charge in [0.2, 0.25) is 0 Å². The van der Waals surface area contributed by atoms with Crippen LogP contribution in [0.15, 0.2) is 60.3 Å². The average Bonchev–Trinajstić information content (AvgIpc) is 2.92. The highest BCUT2D eigenvalue weighted by molar-refractivity contribution is 5.70. The molecule has 7 heteroatoms. The predicted octanol–water partition coefficient (Wildman–Crippen LogP) is 6.00. The molecule has 6 atom stereocenters. The van der Waals surface area contributed by atoms with Crippen molar-refractivity contribution in [2.75, 3.05) is 33.2 Å². The number of hydrogen-bond donors (Lipinski definition) is 0. The first-order valence-corrected chi connectivity index (χ1v) is 14.4. The lowest BCUT2D eigenvalue weighted by Gasteiger charge is -2.33. The van der Waals surface area contributed by atoms with Crippen molar-refractivity contribution in [3.63, 3.8) is 0 Å². The Labute approximate surface area is 234 Å². The summed E-state index contributed by atoms with van der Waals surface area (Å²) >= 11 is 0. The maximum absolute atomic E-state index is 13.0. The van der Waals surface area contributed by atoms with E-state index in [0.29, 0.717) is 19.5 Å². The lowest BCUT2D eigenvalue weighted by Crippen LogP contribution is -2.48. The van der Waals surface area contributed by atoms with Gasteiger partial charge >= 0.3 is 12.1 Å². The number of aromatic nitrogens is 1. The van der Waals surface area contributed by atoms with Crippen LogP contribution in [0, 0.1) is 17.8 Å². The van der Waals surface area contributed by atoms with Crippen LogP contribution in [0.3, 0.4) is 0 Å². The molecule has 0 saturated carbocycles. The lowest BCUT2D eigenvalue weighted by atomic mass is 9.90. The molecule has 3 rings (SSSR count). The van der Waals surface area contributed by atoms with E-state index in [4.69, 9.17) is 9.47 Å². The van der Waals surface area contributed by atoms with Crippen LogP contribution in [0.2, 0.25) is 0 Å². The van der Waals surface area contributed by atoms with Gasteiger partial charge in [-0.25, -0.2) is 4.79 Å². The molecule has 2 aliphatic heterocycles. The number of carbonyl (C=O) groups is 2. The van der Waals surface area contributed by atoms with Crippen molar-refractivity contribution >= 4 is 12.1 Å². The van der Waals surface area contributed by atoms with Gasteiger partial charge in [-0.1, -0.05) is 58.1 Å². The highest BCUT2D eigenvalue weighted by Crippen LogP contribution is 2.26. The van der Waals surface area contributed by atoms with Crippen LogP contribution >= 0.6 is 0 Å². The Hall–Kier alpha value is -2.93. The number of allylic oxidation sites excluding steroid dienone is 3. The molecule has 2 aliphatic rings. The van der Waals surface area contributed by atoms with Crippen LogP contribution in [0.5, 0.6) is 0 Å². The first-order chi connectivity index (χ1) is 18.6. The molecule has 3 heterocycles. The fraction of sp³-hybridized carbons (Fsp3) is 0.594. The Balaban J connectivity index is 1.76. The summed E-state index contributed by atoms with van der Waals surface area (Å²) in [6, 6.07) is 5.92. The number of amides is 1. The van der Waals surface area contributed by atoms with Gasteiger partial charge in [0.05, 0.1) is 0 Å². The minimum absolute atomic E-state index is 0.0846. The van der Waals surface area contributed by atoms with Crippen LogP contribution in [-0.2, 0) is 14.3 Å². The molecule has 1 saturated heterocycles. The topological polar surface area (TPSA) is 72.0 Å². The van der Waals surface area contributed by atoms with E-state index < -0.39 is 6.10 Å². The third kappa shape index (κ3) is 9.64. The van der Waals surface area contributed by atoms with Crippen molar-refractivity contribution in [3.8, 4) is 0 Å². The summed E-state index contributed by atoms with van der Waals surface area (Å²) in [6.07, 6.45) is 13.1. The van der Waals surface area contributed by atoms with Crippen LogP contribution in [-0.4, -0.2) is 72.3 Å². The van der Waals surface area contributed by atoms with Crippen LogP contribution in [0.4, 0.5) is 4.79 Å². The molecule has 214 valence electrons.